The molecule has 0 radical (unpaired) electrons. The van der Waals surface area contributed by atoms with E-state index in [4.69, 9.17) is 4.74 Å². The highest BCUT2D eigenvalue weighted by atomic mass is 127. The van der Waals surface area contributed by atoms with Gasteiger partial charge in [-0.15, -0.1) is 24.0 Å². The molecule has 5 nitrogen and oxygen atoms in total. The summed E-state index contributed by atoms with van der Waals surface area (Å²) in [4.78, 5) is 4.16. The number of nitrogens with one attached hydrogen (secondary N) is 2. The molecule has 0 spiro atoms. The molecular weight excluding hydrogens is 487 g/mol. The number of aliphatic imine (C=N–C) groups is 1. The number of halogens is 3. The second-order valence-electron chi connectivity index (χ2n) is 5.62. The summed E-state index contributed by atoms with van der Waals surface area (Å²) in [6.07, 6.45) is 0. The Morgan fingerprint density at radius 2 is 2.04 bits per heavy atom. The van der Waals surface area contributed by atoms with Crippen LogP contribution >= 0.6 is 35.3 Å². The van der Waals surface area contributed by atoms with Crippen LogP contribution in [0.5, 0.6) is 11.5 Å². The molecular formula is C18H24F2IN3O2S. The summed E-state index contributed by atoms with van der Waals surface area (Å²) in [6, 6.07) is 6.92. The van der Waals surface area contributed by atoms with Crippen molar-refractivity contribution in [2.24, 2.45) is 4.99 Å². The van der Waals surface area contributed by atoms with Crippen molar-refractivity contribution in [3.05, 3.63) is 46.2 Å². The Labute approximate surface area is 179 Å². The van der Waals surface area contributed by atoms with Crippen LogP contribution < -0.4 is 20.1 Å². The fraction of sp³-hybridized carbons (Fsp3) is 0.389. The fourth-order valence-electron chi connectivity index (χ4n) is 2.34. The van der Waals surface area contributed by atoms with Crippen molar-refractivity contribution in [1.29, 1.82) is 0 Å². The molecule has 0 bridgehead atoms. The van der Waals surface area contributed by atoms with Gasteiger partial charge in [0.2, 0.25) is 0 Å². The first kappa shape index (κ1) is 23.4. The summed E-state index contributed by atoms with van der Waals surface area (Å²) < 4.78 is 34.9. The average Bonchev–Trinajstić information content (AvgIpc) is 3.16. The van der Waals surface area contributed by atoms with Gasteiger partial charge in [0.15, 0.2) is 5.96 Å². The Balaban J connectivity index is 0.00000364. The predicted molar refractivity (Wildman–Crippen MR) is 116 cm³/mol. The van der Waals surface area contributed by atoms with Crippen molar-refractivity contribution >= 4 is 41.3 Å². The first-order valence-corrected chi connectivity index (χ1v) is 9.06. The van der Waals surface area contributed by atoms with E-state index in [2.05, 4.69) is 38.7 Å². The Hall–Kier alpha value is -1.62. The minimum absolute atomic E-state index is 0. The molecule has 2 rings (SSSR count). The van der Waals surface area contributed by atoms with Crippen LogP contribution in [0.2, 0.25) is 0 Å². The second kappa shape index (κ2) is 12.0. The molecule has 27 heavy (non-hydrogen) atoms. The van der Waals surface area contributed by atoms with E-state index in [0.29, 0.717) is 36.3 Å². The average molecular weight is 511 g/mol. The Morgan fingerprint density at radius 1 is 1.26 bits per heavy atom. The number of benzene rings is 1. The third-order valence-corrected chi connectivity index (χ3v) is 4.55. The van der Waals surface area contributed by atoms with Crippen LogP contribution in [0.1, 0.15) is 24.0 Å². The summed E-state index contributed by atoms with van der Waals surface area (Å²) >= 11 is 1.67. The molecule has 0 saturated carbocycles. The first-order chi connectivity index (χ1) is 12.5. The van der Waals surface area contributed by atoms with Crippen molar-refractivity contribution in [3.63, 3.8) is 0 Å². The predicted octanol–water partition coefficient (Wildman–Crippen LogP) is 4.44. The molecule has 0 aliphatic carbocycles. The standard InChI is InChI=1S/C18H23F2N3O2S.HI/c1-12(14-6-7-26-11-14)9-22-18(21-2)23-10-13-4-5-15(24-3)8-16(13)25-17(19)20;/h4-8,11-12,17H,9-10H2,1-3H3,(H2,21,22,23);1H. The van der Waals surface area contributed by atoms with E-state index in [1.54, 1.807) is 30.5 Å². The van der Waals surface area contributed by atoms with Crippen LogP contribution in [0.3, 0.4) is 0 Å². The first-order valence-electron chi connectivity index (χ1n) is 8.11. The quantitative estimate of drug-likeness (QED) is 0.313. The smallest absolute Gasteiger partial charge is 0.387 e. The van der Waals surface area contributed by atoms with Gasteiger partial charge in [0.25, 0.3) is 0 Å². The van der Waals surface area contributed by atoms with Crippen LogP contribution in [0.25, 0.3) is 0 Å². The summed E-state index contributed by atoms with van der Waals surface area (Å²) in [5, 5.41) is 10.5. The monoisotopic (exact) mass is 511 g/mol. The van der Waals surface area contributed by atoms with E-state index in [1.807, 2.05) is 5.38 Å². The third-order valence-electron chi connectivity index (χ3n) is 3.85. The lowest BCUT2D eigenvalue weighted by Crippen LogP contribution is -2.38. The summed E-state index contributed by atoms with van der Waals surface area (Å²) in [5.74, 6) is 1.45. The lowest BCUT2D eigenvalue weighted by atomic mass is 10.1. The molecule has 0 aliphatic rings. The Morgan fingerprint density at radius 3 is 2.63 bits per heavy atom. The summed E-state index contributed by atoms with van der Waals surface area (Å²) in [5.41, 5.74) is 1.85. The molecule has 2 N–H and O–H groups in total. The highest BCUT2D eigenvalue weighted by Crippen LogP contribution is 2.26. The molecule has 1 aromatic heterocycles. The molecule has 9 heteroatoms. The van der Waals surface area contributed by atoms with E-state index >= 15 is 0 Å². The molecule has 0 aliphatic heterocycles. The van der Waals surface area contributed by atoms with Gasteiger partial charge in [-0.2, -0.15) is 20.1 Å². The zero-order chi connectivity index (χ0) is 18.9. The summed E-state index contributed by atoms with van der Waals surface area (Å²) in [7, 11) is 3.13. The number of nitrogens with zero attached hydrogens (tertiary/aromatic N) is 1. The maximum atomic E-state index is 12.6. The van der Waals surface area contributed by atoms with Crippen molar-refractivity contribution in [2.45, 2.75) is 26.0 Å². The zero-order valence-corrected chi connectivity index (χ0v) is 18.5. The van der Waals surface area contributed by atoms with E-state index < -0.39 is 6.61 Å². The molecule has 1 unspecified atom stereocenters. The molecule has 0 fully saturated rings. The highest BCUT2D eigenvalue weighted by Gasteiger charge is 2.12. The molecule has 150 valence electrons. The minimum atomic E-state index is -2.90. The van der Waals surface area contributed by atoms with Gasteiger partial charge < -0.3 is 20.1 Å². The number of hydrogen-bond acceptors (Lipinski definition) is 4. The lowest BCUT2D eigenvalue weighted by Gasteiger charge is -2.17. The van der Waals surface area contributed by atoms with Crippen LogP contribution in [-0.2, 0) is 6.54 Å². The van der Waals surface area contributed by atoms with Crippen molar-refractivity contribution in [3.8, 4) is 11.5 Å². The van der Waals surface area contributed by atoms with Gasteiger partial charge in [0.05, 0.1) is 7.11 Å². The molecule has 1 heterocycles. The van der Waals surface area contributed by atoms with E-state index in [-0.39, 0.29) is 29.7 Å². The van der Waals surface area contributed by atoms with Gasteiger partial charge >= 0.3 is 6.61 Å². The topological polar surface area (TPSA) is 54.9 Å². The number of rotatable bonds is 8. The number of guanidine groups is 1. The Kier molecular flexibility index (Phi) is 10.4. The largest absolute Gasteiger partial charge is 0.497 e. The van der Waals surface area contributed by atoms with Gasteiger partial charge in [0, 0.05) is 31.8 Å². The minimum Gasteiger partial charge on any atom is -0.497 e. The number of ether oxygens (including phenoxy) is 2. The SMILES string of the molecule is CN=C(NCc1ccc(OC)cc1OC(F)F)NCC(C)c1ccsc1.I. The normalized spacial score (nSPS) is 12.3. The van der Waals surface area contributed by atoms with Gasteiger partial charge in [0.1, 0.15) is 11.5 Å². The van der Waals surface area contributed by atoms with E-state index in [0.717, 1.165) is 0 Å². The van der Waals surface area contributed by atoms with Gasteiger partial charge in [-0.05, 0) is 40.4 Å². The number of alkyl halides is 2. The Bertz CT molecular complexity index is 715. The summed E-state index contributed by atoms with van der Waals surface area (Å²) in [6.45, 7) is 0.225. The fourth-order valence-corrected chi connectivity index (χ4v) is 3.12. The highest BCUT2D eigenvalue weighted by molar-refractivity contribution is 14.0. The molecule has 1 atom stereocenters. The molecule has 0 amide bonds. The van der Waals surface area contributed by atoms with Crippen LogP contribution in [-0.4, -0.2) is 33.3 Å². The molecule has 2 aromatic rings. The molecule has 0 saturated heterocycles. The molecule has 1 aromatic carbocycles. The third kappa shape index (κ3) is 7.49. The van der Waals surface area contributed by atoms with Gasteiger partial charge in [-0.1, -0.05) is 6.92 Å². The van der Waals surface area contributed by atoms with Crippen molar-refractivity contribution < 1.29 is 18.3 Å². The lowest BCUT2D eigenvalue weighted by molar-refractivity contribution is -0.0505. The van der Waals surface area contributed by atoms with Gasteiger partial charge in [-0.25, -0.2) is 0 Å². The number of methoxy groups -OCH3 is 1. The number of hydrogen-bond donors (Lipinski definition) is 2. The van der Waals surface area contributed by atoms with E-state index in [1.165, 1.54) is 18.7 Å². The second-order valence-corrected chi connectivity index (χ2v) is 6.40. The van der Waals surface area contributed by atoms with Gasteiger partial charge in [-0.3, -0.25) is 4.99 Å². The van der Waals surface area contributed by atoms with Crippen LogP contribution in [0.15, 0.2) is 40.0 Å². The van der Waals surface area contributed by atoms with Crippen LogP contribution in [0.4, 0.5) is 8.78 Å². The maximum Gasteiger partial charge on any atom is 0.387 e. The van der Waals surface area contributed by atoms with Crippen molar-refractivity contribution in [2.75, 3.05) is 20.7 Å². The zero-order valence-electron chi connectivity index (χ0n) is 15.4. The van der Waals surface area contributed by atoms with E-state index in [9.17, 15) is 8.78 Å². The number of thiophene rings is 1. The van der Waals surface area contributed by atoms with Crippen LogP contribution in [0, 0.1) is 0 Å². The van der Waals surface area contributed by atoms with Crippen molar-refractivity contribution in [1.82, 2.24) is 10.6 Å². The maximum absolute atomic E-state index is 12.6.